The molecule has 0 atom stereocenters. The molecule has 0 saturated heterocycles. The molecule has 22 heavy (non-hydrogen) atoms. The van der Waals surface area contributed by atoms with Crippen LogP contribution in [0.1, 0.15) is 36.7 Å². The largest absolute Gasteiger partial charge is 0.350 e. The zero-order chi connectivity index (χ0) is 16.3. The van der Waals surface area contributed by atoms with E-state index in [-0.39, 0.29) is 11.7 Å². The van der Waals surface area contributed by atoms with Gasteiger partial charge in [-0.15, -0.1) is 0 Å². The van der Waals surface area contributed by atoms with Crippen LogP contribution in [0.15, 0.2) is 18.2 Å². The molecule has 1 heterocycles. The summed E-state index contributed by atoms with van der Waals surface area (Å²) in [6, 6.07) is 5.19. The third kappa shape index (κ3) is 3.90. The highest BCUT2D eigenvalue weighted by Crippen LogP contribution is 2.16. The van der Waals surface area contributed by atoms with Gasteiger partial charge in [-0.3, -0.25) is 0 Å². The van der Waals surface area contributed by atoms with Crippen LogP contribution in [0.4, 0.5) is 16.3 Å². The Morgan fingerprint density at radius 3 is 2.50 bits per heavy atom. The summed E-state index contributed by atoms with van der Waals surface area (Å²) in [4.78, 5) is 15.0. The quantitative estimate of drug-likeness (QED) is 0.919. The lowest BCUT2D eigenvalue weighted by Crippen LogP contribution is -2.17. The smallest absolute Gasteiger partial charge is 0.229 e. The predicted octanol–water partition coefficient (Wildman–Crippen LogP) is 3.12. The molecule has 1 aromatic heterocycles. The van der Waals surface area contributed by atoms with E-state index in [9.17, 15) is 4.39 Å². The van der Waals surface area contributed by atoms with Gasteiger partial charge in [0.15, 0.2) is 0 Å². The van der Waals surface area contributed by atoms with Crippen LogP contribution >= 0.6 is 0 Å². The third-order valence-corrected chi connectivity index (χ3v) is 3.24. The Labute approximate surface area is 130 Å². The second-order valence-corrected chi connectivity index (χ2v) is 5.80. The summed E-state index contributed by atoms with van der Waals surface area (Å²) < 4.78 is 13.6. The third-order valence-electron chi connectivity index (χ3n) is 3.24. The first kappa shape index (κ1) is 16.1. The molecule has 6 heteroatoms. The number of nitrogens with one attached hydrogen (secondary N) is 1. The first-order valence-electron chi connectivity index (χ1n) is 7.29. The minimum atomic E-state index is -0.202. The van der Waals surface area contributed by atoms with Gasteiger partial charge in [-0.25, -0.2) is 4.39 Å². The second-order valence-electron chi connectivity index (χ2n) is 5.80. The normalized spacial score (nSPS) is 10.9. The number of hydrogen-bond acceptors (Lipinski definition) is 5. The predicted molar refractivity (Wildman–Crippen MR) is 86.7 cm³/mol. The summed E-state index contributed by atoms with van der Waals surface area (Å²) in [7, 11) is 3.77. The number of hydrogen-bond donors (Lipinski definition) is 1. The summed E-state index contributed by atoms with van der Waals surface area (Å²) in [6.45, 7) is 6.28. The van der Waals surface area contributed by atoms with Crippen LogP contribution in [0, 0.1) is 12.7 Å². The second kappa shape index (κ2) is 6.68. The van der Waals surface area contributed by atoms with Crippen LogP contribution in [0.5, 0.6) is 0 Å². The van der Waals surface area contributed by atoms with E-state index < -0.39 is 0 Å². The van der Waals surface area contributed by atoms with Gasteiger partial charge in [-0.2, -0.15) is 15.0 Å². The molecule has 0 fully saturated rings. The van der Waals surface area contributed by atoms with Crippen LogP contribution in [0.25, 0.3) is 0 Å². The van der Waals surface area contributed by atoms with Crippen molar-refractivity contribution in [3.63, 3.8) is 0 Å². The summed E-state index contributed by atoms with van der Waals surface area (Å²) in [5, 5.41) is 3.14. The van der Waals surface area contributed by atoms with Gasteiger partial charge in [0.25, 0.3) is 0 Å². The molecular weight excluding hydrogens is 281 g/mol. The van der Waals surface area contributed by atoms with Gasteiger partial charge in [0.1, 0.15) is 11.6 Å². The SMILES string of the molecule is Cc1ccc(CNc2nc(C(C)C)nc(N(C)C)n2)cc1F. The van der Waals surface area contributed by atoms with Crippen molar-refractivity contribution in [3.8, 4) is 0 Å². The number of rotatable bonds is 5. The number of anilines is 2. The molecule has 0 radical (unpaired) electrons. The van der Waals surface area contributed by atoms with Crippen molar-refractivity contribution in [3.05, 3.63) is 41.0 Å². The lowest BCUT2D eigenvalue weighted by atomic mass is 10.1. The van der Waals surface area contributed by atoms with Crippen LogP contribution < -0.4 is 10.2 Å². The summed E-state index contributed by atoms with van der Waals surface area (Å²) in [6.07, 6.45) is 0. The van der Waals surface area contributed by atoms with Crippen LogP contribution in [-0.2, 0) is 6.54 Å². The zero-order valence-corrected chi connectivity index (χ0v) is 13.7. The van der Waals surface area contributed by atoms with Crippen LogP contribution in [0.2, 0.25) is 0 Å². The maximum absolute atomic E-state index is 13.6. The number of aromatic nitrogens is 3. The molecule has 0 unspecified atom stereocenters. The van der Waals surface area contributed by atoms with E-state index in [1.54, 1.807) is 13.0 Å². The first-order chi connectivity index (χ1) is 10.4. The highest BCUT2D eigenvalue weighted by molar-refractivity contribution is 5.37. The van der Waals surface area contributed by atoms with Gasteiger partial charge in [0, 0.05) is 26.6 Å². The average molecular weight is 303 g/mol. The molecule has 118 valence electrons. The molecule has 1 N–H and O–H groups in total. The monoisotopic (exact) mass is 303 g/mol. The number of halogens is 1. The minimum absolute atomic E-state index is 0.202. The molecule has 0 spiro atoms. The average Bonchev–Trinajstić information content (AvgIpc) is 2.48. The van der Waals surface area contributed by atoms with Gasteiger partial charge in [-0.1, -0.05) is 26.0 Å². The number of nitrogens with zero attached hydrogens (tertiary/aromatic N) is 4. The molecule has 1 aromatic carbocycles. The van der Waals surface area contributed by atoms with Crippen molar-refractivity contribution in [2.45, 2.75) is 33.2 Å². The fraction of sp³-hybridized carbons (Fsp3) is 0.438. The first-order valence-corrected chi connectivity index (χ1v) is 7.29. The lowest BCUT2D eigenvalue weighted by molar-refractivity contribution is 0.616. The molecular formula is C16H22FN5. The highest BCUT2D eigenvalue weighted by Gasteiger charge is 2.11. The summed E-state index contributed by atoms with van der Waals surface area (Å²) in [5.41, 5.74) is 1.49. The van der Waals surface area contributed by atoms with Gasteiger partial charge in [0.2, 0.25) is 11.9 Å². The molecule has 0 bridgehead atoms. The summed E-state index contributed by atoms with van der Waals surface area (Å²) >= 11 is 0. The van der Waals surface area contributed by atoms with Gasteiger partial charge in [-0.05, 0) is 24.1 Å². The summed E-state index contributed by atoms with van der Waals surface area (Å²) in [5.74, 6) is 1.85. The zero-order valence-electron chi connectivity index (χ0n) is 13.7. The van der Waals surface area contributed by atoms with E-state index in [0.29, 0.717) is 24.0 Å². The van der Waals surface area contributed by atoms with E-state index in [0.717, 1.165) is 11.4 Å². The number of benzene rings is 1. The molecule has 0 aliphatic heterocycles. The molecule has 0 saturated carbocycles. The highest BCUT2D eigenvalue weighted by atomic mass is 19.1. The molecule has 0 aliphatic rings. The Balaban J connectivity index is 2.19. The lowest BCUT2D eigenvalue weighted by Gasteiger charge is -2.15. The van der Waals surface area contributed by atoms with Crippen molar-refractivity contribution in [2.24, 2.45) is 0 Å². The Bertz CT molecular complexity index is 629. The fourth-order valence-electron chi connectivity index (χ4n) is 1.85. The maximum atomic E-state index is 13.6. The van der Waals surface area contributed by atoms with Gasteiger partial charge in [0.05, 0.1) is 0 Å². The van der Waals surface area contributed by atoms with Crippen molar-refractivity contribution in [1.29, 1.82) is 0 Å². The van der Waals surface area contributed by atoms with Crippen molar-refractivity contribution in [1.82, 2.24) is 15.0 Å². The minimum Gasteiger partial charge on any atom is -0.350 e. The van der Waals surface area contributed by atoms with Gasteiger partial charge < -0.3 is 10.2 Å². The van der Waals surface area contributed by atoms with Crippen molar-refractivity contribution < 1.29 is 4.39 Å². The van der Waals surface area contributed by atoms with E-state index in [4.69, 9.17) is 0 Å². The molecule has 2 rings (SSSR count). The van der Waals surface area contributed by atoms with E-state index >= 15 is 0 Å². The fourth-order valence-corrected chi connectivity index (χ4v) is 1.85. The molecule has 0 aliphatic carbocycles. The topological polar surface area (TPSA) is 53.9 Å². The molecule has 0 amide bonds. The van der Waals surface area contributed by atoms with Crippen LogP contribution in [0.3, 0.4) is 0 Å². The Hall–Kier alpha value is -2.24. The Morgan fingerprint density at radius 1 is 1.18 bits per heavy atom. The number of aryl methyl sites for hydroxylation is 1. The van der Waals surface area contributed by atoms with Crippen LogP contribution in [-0.4, -0.2) is 29.0 Å². The Morgan fingerprint density at radius 2 is 1.91 bits per heavy atom. The van der Waals surface area contributed by atoms with Crippen molar-refractivity contribution in [2.75, 3.05) is 24.3 Å². The molecule has 2 aromatic rings. The van der Waals surface area contributed by atoms with Crippen molar-refractivity contribution >= 4 is 11.9 Å². The standard InChI is InChI=1S/C16H22FN5/c1-10(2)14-19-15(21-16(20-14)22(4)5)18-9-12-7-6-11(3)13(17)8-12/h6-8,10H,9H2,1-5H3,(H,18,19,20,21). The van der Waals surface area contributed by atoms with Gasteiger partial charge >= 0.3 is 0 Å². The maximum Gasteiger partial charge on any atom is 0.229 e. The van der Waals surface area contributed by atoms with E-state index in [1.165, 1.54) is 6.07 Å². The molecule has 5 nitrogen and oxygen atoms in total. The van der Waals surface area contributed by atoms with E-state index in [1.807, 2.05) is 38.9 Å². The van der Waals surface area contributed by atoms with E-state index in [2.05, 4.69) is 20.3 Å². The Kier molecular flexibility index (Phi) is 4.90.